The minimum absolute atomic E-state index is 0.128. The van der Waals surface area contributed by atoms with Crippen molar-refractivity contribution in [3.63, 3.8) is 0 Å². The molecule has 0 bridgehead atoms. The van der Waals surface area contributed by atoms with Crippen LogP contribution in [0.25, 0.3) is 6.08 Å². The van der Waals surface area contributed by atoms with Gasteiger partial charge in [-0.05, 0) is 67.1 Å². The number of anilines is 1. The van der Waals surface area contributed by atoms with E-state index in [1.807, 2.05) is 56.5 Å². The zero-order valence-corrected chi connectivity index (χ0v) is 22.1. The van der Waals surface area contributed by atoms with Gasteiger partial charge in [0.1, 0.15) is 5.60 Å². The summed E-state index contributed by atoms with van der Waals surface area (Å²) in [6.07, 6.45) is 4.62. The maximum absolute atomic E-state index is 14.9. The Bertz CT molecular complexity index is 1350. The number of nitrogens with zero attached hydrogens (tertiary/aromatic N) is 1. The summed E-state index contributed by atoms with van der Waals surface area (Å²) in [6, 6.07) is 14.4. The van der Waals surface area contributed by atoms with Crippen LogP contribution in [0.5, 0.6) is 5.75 Å². The van der Waals surface area contributed by atoms with Crippen LogP contribution in [-0.4, -0.2) is 21.8 Å². The number of hydrogen-bond donors (Lipinski definition) is 1. The Morgan fingerprint density at radius 3 is 2.72 bits per heavy atom. The molecule has 2 aromatic carbocycles. The van der Waals surface area contributed by atoms with Crippen molar-refractivity contribution in [2.24, 2.45) is 0 Å². The average Bonchev–Trinajstić information content (AvgIpc) is 3.05. The fourth-order valence-corrected chi connectivity index (χ4v) is 4.90. The number of halogens is 2. The molecule has 0 radical (unpaired) electrons. The molecule has 1 amide bonds. The molecular formula is C29H28ClFN2O2S. The van der Waals surface area contributed by atoms with Gasteiger partial charge in [0.05, 0.1) is 24.4 Å². The number of nitrogens with one attached hydrogen (secondary N) is 1. The molecule has 1 aliphatic rings. The molecule has 0 fully saturated rings. The van der Waals surface area contributed by atoms with Crippen LogP contribution < -0.4 is 10.1 Å². The molecule has 0 unspecified atom stereocenters. The smallest absolute Gasteiger partial charge is 0.228 e. The SMILES string of the molecule is CCSc1ccc(CC(=O)Nc2ccc(OC(C)(C)Cn3ccc4c3CC#CC(Cl)=C4)c(F)c2)cc1. The van der Waals surface area contributed by atoms with Crippen LogP contribution in [0, 0.1) is 17.7 Å². The van der Waals surface area contributed by atoms with Gasteiger partial charge in [-0.1, -0.05) is 42.5 Å². The lowest BCUT2D eigenvalue weighted by molar-refractivity contribution is -0.115. The van der Waals surface area contributed by atoms with E-state index in [-0.39, 0.29) is 18.1 Å². The summed E-state index contributed by atoms with van der Waals surface area (Å²) in [7, 11) is 0. The summed E-state index contributed by atoms with van der Waals surface area (Å²) >= 11 is 7.85. The van der Waals surface area contributed by atoms with Crippen LogP contribution in [-0.2, 0) is 24.2 Å². The first-order valence-electron chi connectivity index (χ1n) is 11.8. The van der Waals surface area contributed by atoms with Crippen molar-refractivity contribution in [2.45, 2.75) is 50.7 Å². The second kappa shape index (κ2) is 11.3. The van der Waals surface area contributed by atoms with E-state index in [4.69, 9.17) is 16.3 Å². The van der Waals surface area contributed by atoms with Crippen molar-refractivity contribution in [1.29, 1.82) is 0 Å². The Kier molecular flexibility index (Phi) is 8.13. The van der Waals surface area contributed by atoms with Crippen molar-refractivity contribution in [2.75, 3.05) is 11.1 Å². The quantitative estimate of drug-likeness (QED) is 0.245. The third-order valence-electron chi connectivity index (χ3n) is 5.61. The number of aromatic nitrogens is 1. The summed E-state index contributed by atoms with van der Waals surface area (Å²) in [5, 5.41) is 3.28. The maximum Gasteiger partial charge on any atom is 0.228 e. The van der Waals surface area contributed by atoms with Crippen LogP contribution in [0.15, 0.2) is 64.7 Å². The Hall–Kier alpha value is -3.14. The first-order valence-corrected chi connectivity index (χ1v) is 13.1. The summed E-state index contributed by atoms with van der Waals surface area (Å²) in [6.45, 7) is 6.42. The molecule has 1 aliphatic carbocycles. The molecule has 186 valence electrons. The van der Waals surface area contributed by atoms with Gasteiger partial charge < -0.3 is 14.6 Å². The number of carbonyl (C=O) groups is 1. The summed E-state index contributed by atoms with van der Waals surface area (Å²) in [4.78, 5) is 13.6. The first-order chi connectivity index (χ1) is 17.2. The normalized spacial score (nSPS) is 12.6. The van der Waals surface area contributed by atoms with E-state index in [0.29, 0.717) is 23.7 Å². The van der Waals surface area contributed by atoms with Crippen LogP contribution in [0.3, 0.4) is 0 Å². The molecule has 1 N–H and O–H groups in total. The molecular weight excluding hydrogens is 495 g/mol. The minimum atomic E-state index is -0.701. The Balaban J connectivity index is 1.38. The molecule has 1 heterocycles. The molecule has 0 aliphatic heterocycles. The van der Waals surface area contributed by atoms with Gasteiger partial charge in [-0.3, -0.25) is 4.79 Å². The molecule has 7 heteroatoms. The average molecular weight is 523 g/mol. The van der Waals surface area contributed by atoms with Gasteiger partial charge >= 0.3 is 0 Å². The molecule has 36 heavy (non-hydrogen) atoms. The van der Waals surface area contributed by atoms with Gasteiger partial charge in [0, 0.05) is 28.5 Å². The van der Waals surface area contributed by atoms with E-state index >= 15 is 0 Å². The summed E-state index contributed by atoms with van der Waals surface area (Å²) in [5.41, 5.74) is 2.65. The van der Waals surface area contributed by atoms with Crippen molar-refractivity contribution >= 4 is 41.0 Å². The predicted molar refractivity (Wildman–Crippen MR) is 146 cm³/mol. The fourth-order valence-electron chi connectivity index (χ4n) is 4.05. The van der Waals surface area contributed by atoms with Gasteiger partial charge in [-0.2, -0.15) is 0 Å². The van der Waals surface area contributed by atoms with Gasteiger partial charge in [0.25, 0.3) is 0 Å². The molecule has 0 spiro atoms. The van der Waals surface area contributed by atoms with Crippen LogP contribution in [0.4, 0.5) is 10.1 Å². The third-order valence-corrected chi connectivity index (χ3v) is 6.71. The number of allylic oxidation sites excluding steroid dienone is 1. The van der Waals surface area contributed by atoms with Crippen molar-refractivity contribution in [1.82, 2.24) is 4.57 Å². The summed E-state index contributed by atoms with van der Waals surface area (Å²) < 4.78 is 23.0. The predicted octanol–water partition coefficient (Wildman–Crippen LogP) is 6.92. The molecule has 0 saturated heterocycles. The van der Waals surface area contributed by atoms with Crippen molar-refractivity contribution in [3.05, 3.63) is 82.4 Å². The second-order valence-corrected chi connectivity index (χ2v) is 10.9. The van der Waals surface area contributed by atoms with Crippen molar-refractivity contribution < 1.29 is 13.9 Å². The van der Waals surface area contributed by atoms with E-state index < -0.39 is 11.4 Å². The fraction of sp³-hybridized carbons (Fsp3) is 0.276. The molecule has 4 rings (SSSR count). The lowest BCUT2D eigenvalue weighted by Gasteiger charge is -2.28. The Morgan fingerprint density at radius 1 is 1.22 bits per heavy atom. The van der Waals surface area contributed by atoms with Crippen LogP contribution in [0.2, 0.25) is 0 Å². The minimum Gasteiger partial charge on any atom is -0.483 e. The molecule has 1 aromatic heterocycles. The third kappa shape index (κ3) is 6.75. The second-order valence-electron chi connectivity index (χ2n) is 9.13. The topological polar surface area (TPSA) is 43.3 Å². The standard InChI is InChI=1S/C29H28ClFN2O2S/c1-4-36-24-11-8-20(9-12-24)16-28(34)32-23-10-13-27(25(31)18-23)35-29(2,3)19-33-15-14-21-17-22(30)6-5-7-26(21)33/h8-15,17-18H,4,7,16,19H2,1-3H3,(H,32,34). The van der Waals surface area contributed by atoms with Gasteiger partial charge in [0.2, 0.25) is 5.91 Å². The highest BCUT2D eigenvalue weighted by molar-refractivity contribution is 7.99. The highest BCUT2D eigenvalue weighted by atomic mass is 35.5. The number of thioether (sulfide) groups is 1. The van der Waals surface area contributed by atoms with E-state index in [1.54, 1.807) is 23.9 Å². The maximum atomic E-state index is 14.9. The lowest BCUT2D eigenvalue weighted by Crippen LogP contribution is -2.34. The van der Waals surface area contributed by atoms with Crippen molar-refractivity contribution in [3.8, 4) is 17.6 Å². The highest BCUT2D eigenvalue weighted by Gasteiger charge is 2.24. The van der Waals surface area contributed by atoms with Gasteiger partial charge in [-0.25, -0.2) is 4.39 Å². The number of rotatable bonds is 9. The largest absolute Gasteiger partial charge is 0.483 e. The number of ether oxygens (including phenoxy) is 1. The number of benzene rings is 2. The van der Waals surface area contributed by atoms with Crippen LogP contribution in [0.1, 0.15) is 37.6 Å². The Labute approximate surface area is 220 Å². The highest BCUT2D eigenvalue weighted by Crippen LogP contribution is 2.28. The van der Waals surface area contributed by atoms with Gasteiger partial charge in [-0.15, -0.1) is 11.8 Å². The van der Waals surface area contributed by atoms with E-state index in [9.17, 15) is 9.18 Å². The molecule has 0 atom stereocenters. The molecule has 3 aromatic rings. The number of hydrogen-bond acceptors (Lipinski definition) is 3. The summed E-state index contributed by atoms with van der Waals surface area (Å²) in [5.74, 6) is 6.36. The first kappa shape index (κ1) is 25.9. The number of amides is 1. The Morgan fingerprint density at radius 2 is 2.00 bits per heavy atom. The van der Waals surface area contributed by atoms with Gasteiger partial charge in [0.15, 0.2) is 11.6 Å². The zero-order chi connectivity index (χ0) is 25.7. The number of fused-ring (bicyclic) bond motifs is 1. The van der Waals surface area contributed by atoms with E-state index in [2.05, 4.69) is 28.6 Å². The monoisotopic (exact) mass is 522 g/mol. The molecule has 4 nitrogen and oxygen atoms in total. The van der Waals surface area contributed by atoms with Crippen LogP contribution >= 0.6 is 23.4 Å². The van der Waals surface area contributed by atoms with E-state index in [1.165, 1.54) is 11.0 Å². The van der Waals surface area contributed by atoms with E-state index in [0.717, 1.165) is 22.6 Å². The zero-order valence-electron chi connectivity index (χ0n) is 20.5. The lowest BCUT2D eigenvalue weighted by atomic mass is 10.1. The number of carbonyl (C=O) groups excluding carboxylic acids is 1. The molecule has 0 saturated carbocycles.